The Hall–Kier alpha value is -2.05. The van der Waals surface area contributed by atoms with Gasteiger partial charge < -0.3 is 10.2 Å². The van der Waals surface area contributed by atoms with Gasteiger partial charge in [0, 0.05) is 0 Å². The number of rotatable bonds is 3. The van der Waals surface area contributed by atoms with Crippen LogP contribution in [0.2, 0.25) is 0 Å². The van der Waals surface area contributed by atoms with E-state index in [2.05, 4.69) is 9.97 Å². The lowest BCUT2D eigenvalue weighted by Gasteiger charge is -2.06. The number of aromatic nitrogens is 2. The Morgan fingerprint density at radius 3 is 2.36 bits per heavy atom. The first kappa shape index (κ1) is 10.0. The average molecular weight is 200 g/mol. The van der Waals surface area contributed by atoms with Crippen molar-refractivity contribution in [2.75, 3.05) is 0 Å². The molecule has 0 bridgehead atoms. The molecule has 1 rings (SSSR count). The zero-order valence-electron chi connectivity index (χ0n) is 6.72. The maximum absolute atomic E-state index is 12.9. The molecule has 1 aromatic heterocycles. The molecule has 0 aromatic carbocycles. The summed E-state index contributed by atoms with van der Waals surface area (Å²) >= 11 is 0. The number of carboxylic acids is 2. The molecular weight excluding hydrogens is 195 g/mol. The third-order valence-electron chi connectivity index (χ3n) is 1.46. The molecule has 1 heterocycles. The van der Waals surface area contributed by atoms with Crippen molar-refractivity contribution < 1.29 is 24.2 Å². The van der Waals surface area contributed by atoms with Crippen molar-refractivity contribution in [2.45, 2.75) is 5.92 Å². The van der Waals surface area contributed by atoms with Gasteiger partial charge in [0.15, 0.2) is 11.7 Å². The lowest BCUT2D eigenvalue weighted by atomic mass is 10.1. The van der Waals surface area contributed by atoms with Crippen molar-refractivity contribution in [3.63, 3.8) is 0 Å². The van der Waals surface area contributed by atoms with Crippen LogP contribution < -0.4 is 0 Å². The molecule has 0 saturated carbocycles. The maximum Gasteiger partial charge on any atom is 0.324 e. The van der Waals surface area contributed by atoms with Crippen LogP contribution in [0.3, 0.4) is 0 Å². The molecule has 1 aromatic rings. The van der Waals surface area contributed by atoms with E-state index in [1.54, 1.807) is 0 Å². The predicted molar refractivity (Wildman–Crippen MR) is 40.0 cm³/mol. The molecule has 0 spiro atoms. The number of hydrogen-bond donors (Lipinski definition) is 2. The molecule has 0 saturated heterocycles. The Balaban J connectivity index is 3.18. The lowest BCUT2D eigenvalue weighted by molar-refractivity contribution is -0.150. The summed E-state index contributed by atoms with van der Waals surface area (Å²) in [5.41, 5.74) is -0.653. The van der Waals surface area contributed by atoms with Crippen LogP contribution in [0.5, 0.6) is 0 Å². The molecule has 0 unspecified atom stereocenters. The first-order chi connectivity index (χ1) is 6.54. The van der Waals surface area contributed by atoms with Crippen LogP contribution in [0, 0.1) is 5.82 Å². The SMILES string of the molecule is O=C(O)C(C(=O)O)c1ncncc1F. The monoisotopic (exact) mass is 200 g/mol. The lowest BCUT2D eigenvalue weighted by Crippen LogP contribution is -2.23. The second kappa shape index (κ2) is 3.77. The molecule has 0 aliphatic heterocycles. The molecule has 6 nitrogen and oxygen atoms in total. The number of nitrogens with zero attached hydrogens (tertiary/aromatic N) is 2. The van der Waals surface area contributed by atoms with E-state index in [9.17, 15) is 14.0 Å². The Kier molecular flexibility index (Phi) is 2.70. The number of carboxylic acid groups (broad SMARTS) is 2. The fourth-order valence-electron chi connectivity index (χ4n) is 0.874. The van der Waals surface area contributed by atoms with E-state index in [0.29, 0.717) is 6.20 Å². The van der Waals surface area contributed by atoms with Gasteiger partial charge in [0.2, 0.25) is 0 Å². The van der Waals surface area contributed by atoms with Crippen molar-refractivity contribution in [2.24, 2.45) is 0 Å². The minimum Gasteiger partial charge on any atom is -0.480 e. The summed E-state index contributed by atoms with van der Waals surface area (Å²) in [5.74, 6) is -6.40. The van der Waals surface area contributed by atoms with Gasteiger partial charge >= 0.3 is 11.9 Å². The molecule has 0 aliphatic carbocycles. The Morgan fingerprint density at radius 1 is 1.36 bits per heavy atom. The van der Waals surface area contributed by atoms with Crippen LogP contribution in [0.25, 0.3) is 0 Å². The molecule has 0 fully saturated rings. The topological polar surface area (TPSA) is 100 Å². The third kappa shape index (κ3) is 1.82. The second-order valence-corrected chi connectivity index (χ2v) is 2.37. The zero-order valence-corrected chi connectivity index (χ0v) is 6.72. The molecular formula is C7H5FN2O4. The summed E-state index contributed by atoms with van der Waals surface area (Å²) in [6.45, 7) is 0. The smallest absolute Gasteiger partial charge is 0.324 e. The number of carbonyl (C=O) groups is 2. The summed E-state index contributed by atoms with van der Waals surface area (Å²) in [6, 6.07) is 0. The maximum atomic E-state index is 12.9. The summed E-state index contributed by atoms with van der Waals surface area (Å²) in [7, 11) is 0. The minimum atomic E-state index is -2.00. The van der Waals surface area contributed by atoms with E-state index in [4.69, 9.17) is 10.2 Å². The van der Waals surface area contributed by atoms with Crippen LogP contribution in [0.15, 0.2) is 12.5 Å². The molecule has 14 heavy (non-hydrogen) atoms. The van der Waals surface area contributed by atoms with Crippen molar-refractivity contribution in [3.8, 4) is 0 Å². The van der Waals surface area contributed by atoms with E-state index < -0.39 is 29.4 Å². The van der Waals surface area contributed by atoms with Gasteiger partial charge in [-0.15, -0.1) is 0 Å². The molecule has 74 valence electrons. The van der Waals surface area contributed by atoms with Crippen molar-refractivity contribution in [1.29, 1.82) is 0 Å². The van der Waals surface area contributed by atoms with Crippen LogP contribution in [0.1, 0.15) is 11.6 Å². The summed E-state index contributed by atoms with van der Waals surface area (Å²) in [4.78, 5) is 27.5. The van der Waals surface area contributed by atoms with E-state index in [1.807, 2.05) is 0 Å². The fourth-order valence-corrected chi connectivity index (χ4v) is 0.874. The van der Waals surface area contributed by atoms with Crippen molar-refractivity contribution >= 4 is 11.9 Å². The van der Waals surface area contributed by atoms with Gasteiger partial charge in [-0.1, -0.05) is 0 Å². The highest BCUT2D eigenvalue weighted by atomic mass is 19.1. The van der Waals surface area contributed by atoms with Crippen LogP contribution in [-0.2, 0) is 9.59 Å². The molecule has 0 aliphatic rings. The summed E-state index contributed by atoms with van der Waals surface area (Å²) in [6.07, 6.45) is 1.60. The predicted octanol–water partition coefficient (Wildman–Crippen LogP) is -0.132. The van der Waals surface area contributed by atoms with Gasteiger partial charge in [-0.3, -0.25) is 9.59 Å². The Labute approximate surface area is 77.0 Å². The van der Waals surface area contributed by atoms with E-state index >= 15 is 0 Å². The standard InChI is InChI=1S/C7H5FN2O4/c8-3-1-9-2-10-5(3)4(6(11)12)7(13)14/h1-2,4H,(H,11,12)(H,13,14). The Morgan fingerprint density at radius 2 is 1.93 bits per heavy atom. The highest BCUT2D eigenvalue weighted by Gasteiger charge is 2.31. The third-order valence-corrected chi connectivity index (χ3v) is 1.46. The quantitative estimate of drug-likeness (QED) is 0.659. The van der Waals surface area contributed by atoms with Gasteiger partial charge in [0.1, 0.15) is 12.0 Å². The van der Waals surface area contributed by atoms with Gasteiger partial charge in [-0.05, 0) is 0 Å². The van der Waals surface area contributed by atoms with Crippen LogP contribution in [0.4, 0.5) is 4.39 Å². The van der Waals surface area contributed by atoms with Crippen molar-refractivity contribution in [1.82, 2.24) is 9.97 Å². The van der Waals surface area contributed by atoms with E-state index in [-0.39, 0.29) is 0 Å². The molecule has 7 heteroatoms. The van der Waals surface area contributed by atoms with Gasteiger partial charge in [-0.25, -0.2) is 14.4 Å². The van der Waals surface area contributed by atoms with Gasteiger partial charge in [0.05, 0.1) is 6.20 Å². The van der Waals surface area contributed by atoms with Crippen LogP contribution in [-0.4, -0.2) is 32.1 Å². The summed E-state index contributed by atoms with van der Waals surface area (Å²) < 4.78 is 12.9. The summed E-state index contributed by atoms with van der Waals surface area (Å²) in [5, 5.41) is 17.0. The normalized spacial score (nSPS) is 10.1. The fraction of sp³-hybridized carbons (Fsp3) is 0.143. The van der Waals surface area contributed by atoms with Gasteiger partial charge in [0.25, 0.3) is 0 Å². The average Bonchev–Trinajstić information content (AvgIpc) is 2.07. The highest BCUT2D eigenvalue weighted by Crippen LogP contribution is 2.16. The van der Waals surface area contributed by atoms with E-state index in [1.165, 1.54) is 0 Å². The number of hydrogen-bond acceptors (Lipinski definition) is 4. The largest absolute Gasteiger partial charge is 0.480 e. The molecule has 2 N–H and O–H groups in total. The number of aliphatic carboxylic acids is 2. The highest BCUT2D eigenvalue weighted by molar-refractivity contribution is 5.98. The van der Waals surface area contributed by atoms with E-state index in [0.717, 1.165) is 6.33 Å². The van der Waals surface area contributed by atoms with Crippen molar-refractivity contribution in [3.05, 3.63) is 24.0 Å². The molecule has 0 amide bonds. The molecule has 0 atom stereocenters. The minimum absolute atomic E-state index is 0.653. The van der Waals surface area contributed by atoms with Gasteiger partial charge in [-0.2, -0.15) is 0 Å². The first-order valence-electron chi connectivity index (χ1n) is 3.45. The number of halogens is 1. The zero-order chi connectivity index (χ0) is 10.7. The first-order valence-corrected chi connectivity index (χ1v) is 3.45. The van der Waals surface area contributed by atoms with Crippen LogP contribution >= 0.6 is 0 Å². The molecule has 0 radical (unpaired) electrons. The Bertz CT molecular complexity index is 368. The second-order valence-electron chi connectivity index (χ2n) is 2.37.